The first-order valence-electron chi connectivity index (χ1n) is 10.0. The molecule has 0 unspecified atom stereocenters. The van der Waals surface area contributed by atoms with E-state index in [1.165, 1.54) is 0 Å². The standard InChI is InChI=1S/C24H20N6O2/c1-31-21-13-17(11-12-20(21)32-15-16-7-3-2-4-8-16)14-25-29-24-27-23-22(28-30-24)18-9-5-6-10-19(18)26-23/h2-14H,15H2,1H3,(H2,26,27,29,30)/b25-14+. The molecule has 5 aromatic rings. The Morgan fingerprint density at radius 1 is 0.969 bits per heavy atom. The summed E-state index contributed by atoms with van der Waals surface area (Å²) in [5.74, 6) is 1.59. The van der Waals surface area contributed by atoms with E-state index >= 15 is 0 Å². The van der Waals surface area contributed by atoms with Crippen LogP contribution in [-0.2, 0) is 6.61 Å². The highest BCUT2D eigenvalue weighted by molar-refractivity contribution is 6.03. The average molecular weight is 424 g/mol. The van der Waals surface area contributed by atoms with Crippen LogP contribution in [0, 0.1) is 0 Å². The summed E-state index contributed by atoms with van der Waals surface area (Å²) in [5, 5.41) is 13.6. The zero-order valence-electron chi connectivity index (χ0n) is 17.3. The molecule has 2 N–H and O–H groups in total. The van der Waals surface area contributed by atoms with Crippen LogP contribution < -0.4 is 14.9 Å². The summed E-state index contributed by atoms with van der Waals surface area (Å²) in [6.45, 7) is 0.465. The molecular weight excluding hydrogens is 404 g/mol. The van der Waals surface area contributed by atoms with E-state index in [0.29, 0.717) is 29.7 Å². The molecule has 158 valence electrons. The van der Waals surface area contributed by atoms with E-state index in [9.17, 15) is 0 Å². The normalized spacial score (nSPS) is 11.3. The van der Waals surface area contributed by atoms with E-state index < -0.39 is 0 Å². The molecule has 5 rings (SSSR count). The van der Waals surface area contributed by atoms with Crippen LogP contribution in [0.2, 0.25) is 0 Å². The monoisotopic (exact) mass is 424 g/mol. The van der Waals surface area contributed by atoms with Crippen molar-refractivity contribution < 1.29 is 9.47 Å². The second-order valence-corrected chi connectivity index (χ2v) is 7.06. The highest BCUT2D eigenvalue weighted by Crippen LogP contribution is 2.28. The number of aromatic nitrogens is 4. The topological polar surface area (TPSA) is 97.3 Å². The number of fused-ring (bicyclic) bond motifs is 3. The van der Waals surface area contributed by atoms with Crippen molar-refractivity contribution in [2.24, 2.45) is 5.10 Å². The van der Waals surface area contributed by atoms with Crippen molar-refractivity contribution in [3.63, 3.8) is 0 Å². The molecule has 8 nitrogen and oxygen atoms in total. The molecule has 2 heterocycles. The molecule has 0 aliphatic rings. The Morgan fingerprint density at radius 3 is 2.69 bits per heavy atom. The van der Waals surface area contributed by atoms with E-state index in [0.717, 1.165) is 27.5 Å². The fourth-order valence-corrected chi connectivity index (χ4v) is 3.35. The third-order valence-electron chi connectivity index (χ3n) is 4.93. The molecule has 32 heavy (non-hydrogen) atoms. The number of anilines is 1. The van der Waals surface area contributed by atoms with Gasteiger partial charge in [0.25, 0.3) is 5.95 Å². The van der Waals surface area contributed by atoms with Crippen LogP contribution in [-0.4, -0.2) is 33.5 Å². The third kappa shape index (κ3) is 4.06. The zero-order valence-corrected chi connectivity index (χ0v) is 17.3. The number of nitrogens with one attached hydrogen (secondary N) is 2. The number of benzene rings is 3. The van der Waals surface area contributed by atoms with E-state index in [-0.39, 0.29) is 0 Å². The van der Waals surface area contributed by atoms with Crippen molar-refractivity contribution in [3.8, 4) is 11.5 Å². The lowest BCUT2D eigenvalue weighted by molar-refractivity contribution is 0.284. The Balaban J connectivity index is 1.28. The van der Waals surface area contributed by atoms with Gasteiger partial charge in [-0.2, -0.15) is 10.1 Å². The van der Waals surface area contributed by atoms with Crippen molar-refractivity contribution in [2.75, 3.05) is 12.5 Å². The second kappa shape index (κ2) is 8.73. The minimum atomic E-state index is 0.301. The van der Waals surface area contributed by atoms with Gasteiger partial charge in [0.2, 0.25) is 0 Å². The SMILES string of the molecule is COc1cc(/C=N/Nc2nnc3c(n2)[nH]c2ccccc23)ccc1OCc1ccccc1. The van der Waals surface area contributed by atoms with E-state index in [1.54, 1.807) is 13.3 Å². The lowest BCUT2D eigenvalue weighted by Gasteiger charge is -2.11. The second-order valence-electron chi connectivity index (χ2n) is 7.06. The van der Waals surface area contributed by atoms with E-state index in [4.69, 9.17) is 9.47 Å². The Kier molecular flexibility index (Phi) is 5.32. The highest BCUT2D eigenvalue weighted by Gasteiger charge is 2.08. The maximum atomic E-state index is 5.89. The average Bonchev–Trinajstić information content (AvgIpc) is 3.21. The van der Waals surface area contributed by atoms with Crippen LogP contribution in [0.25, 0.3) is 22.1 Å². The zero-order chi connectivity index (χ0) is 21.8. The van der Waals surface area contributed by atoms with Gasteiger partial charge in [-0.15, -0.1) is 10.2 Å². The van der Waals surface area contributed by atoms with Gasteiger partial charge in [0.1, 0.15) is 12.1 Å². The number of H-pyrrole nitrogens is 1. The van der Waals surface area contributed by atoms with Crippen molar-refractivity contribution in [3.05, 3.63) is 83.9 Å². The van der Waals surface area contributed by atoms with Crippen LogP contribution in [0.15, 0.2) is 77.9 Å². The minimum Gasteiger partial charge on any atom is -0.493 e. The van der Waals surface area contributed by atoms with Crippen molar-refractivity contribution in [1.29, 1.82) is 0 Å². The number of para-hydroxylation sites is 1. The summed E-state index contributed by atoms with van der Waals surface area (Å²) in [6, 6.07) is 23.5. The fourth-order valence-electron chi connectivity index (χ4n) is 3.35. The van der Waals surface area contributed by atoms with Gasteiger partial charge in [-0.05, 0) is 35.4 Å². The number of ether oxygens (including phenoxy) is 2. The molecule has 8 heteroatoms. The van der Waals surface area contributed by atoms with Gasteiger partial charge in [0, 0.05) is 10.9 Å². The number of methoxy groups -OCH3 is 1. The van der Waals surface area contributed by atoms with Gasteiger partial charge in [-0.3, -0.25) is 0 Å². The Morgan fingerprint density at radius 2 is 1.81 bits per heavy atom. The maximum absolute atomic E-state index is 5.89. The quantitative estimate of drug-likeness (QED) is 0.294. The number of nitrogens with zero attached hydrogens (tertiary/aromatic N) is 4. The maximum Gasteiger partial charge on any atom is 0.265 e. The molecule has 0 saturated heterocycles. The summed E-state index contributed by atoms with van der Waals surface area (Å²) < 4.78 is 11.4. The molecule has 0 atom stereocenters. The van der Waals surface area contributed by atoms with Gasteiger partial charge in [-0.25, -0.2) is 5.43 Å². The Labute approximate surface area is 183 Å². The van der Waals surface area contributed by atoms with Crippen LogP contribution in [0.3, 0.4) is 0 Å². The minimum absolute atomic E-state index is 0.301. The summed E-state index contributed by atoms with van der Waals surface area (Å²) in [7, 11) is 1.61. The van der Waals surface area contributed by atoms with Gasteiger partial charge in [0.05, 0.1) is 13.3 Å². The Hall–Kier alpha value is -4.46. The highest BCUT2D eigenvalue weighted by atomic mass is 16.5. The van der Waals surface area contributed by atoms with E-state index in [1.807, 2.05) is 72.8 Å². The summed E-state index contributed by atoms with van der Waals surface area (Å²) >= 11 is 0. The summed E-state index contributed by atoms with van der Waals surface area (Å²) in [5.41, 5.74) is 7.09. The van der Waals surface area contributed by atoms with Crippen LogP contribution in [0.4, 0.5) is 5.95 Å². The molecule has 0 aliphatic heterocycles. The van der Waals surface area contributed by atoms with Gasteiger partial charge in [-0.1, -0.05) is 48.5 Å². The number of rotatable bonds is 7. The first-order chi connectivity index (χ1) is 15.8. The molecule has 0 fully saturated rings. The van der Waals surface area contributed by atoms with Gasteiger partial charge >= 0.3 is 0 Å². The first-order valence-corrected chi connectivity index (χ1v) is 10.0. The summed E-state index contributed by atoms with van der Waals surface area (Å²) in [4.78, 5) is 7.68. The molecule has 0 spiro atoms. The molecule has 3 aromatic carbocycles. The van der Waals surface area contributed by atoms with Crippen LogP contribution >= 0.6 is 0 Å². The van der Waals surface area contributed by atoms with Crippen molar-refractivity contribution >= 4 is 34.2 Å². The number of hydrazone groups is 1. The van der Waals surface area contributed by atoms with E-state index in [2.05, 4.69) is 30.7 Å². The number of hydrogen-bond donors (Lipinski definition) is 2. The van der Waals surface area contributed by atoms with Crippen molar-refractivity contribution in [1.82, 2.24) is 20.2 Å². The van der Waals surface area contributed by atoms with Crippen LogP contribution in [0.1, 0.15) is 11.1 Å². The smallest absolute Gasteiger partial charge is 0.265 e. The fraction of sp³-hybridized carbons (Fsp3) is 0.0833. The van der Waals surface area contributed by atoms with Crippen molar-refractivity contribution in [2.45, 2.75) is 6.61 Å². The Bertz CT molecular complexity index is 1400. The van der Waals surface area contributed by atoms with Gasteiger partial charge < -0.3 is 14.5 Å². The largest absolute Gasteiger partial charge is 0.493 e. The predicted octanol–water partition coefficient (Wildman–Crippen LogP) is 4.54. The first kappa shape index (κ1) is 19.5. The molecule has 0 amide bonds. The molecule has 2 aromatic heterocycles. The molecule has 0 radical (unpaired) electrons. The lowest BCUT2D eigenvalue weighted by Crippen LogP contribution is -2.00. The number of aromatic amines is 1. The molecular formula is C24H20N6O2. The summed E-state index contributed by atoms with van der Waals surface area (Å²) in [6.07, 6.45) is 1.66. The number of hydrogen-bond acceptors (Lipinski definition) is 7. The molecule has 0 aliphatic carbocycles. The lowest BCUT2D eigenvalue weighted by atomic mass is 10.2. The molecule has 0 saturated carbocycles. The van der Waals surface area contributed by atoms with Gasteiger partial charge in [0.15, 0.2) is 17.1 Å². The van der Waals surface area contributed by atoms with Crippen LogP contribution in [0.5, 0.6) is 11.5 Å². The third-order valence-corrected chi connectivity index (χ3v) is 4.93. The molecule has 0 bridgehead atoms. The predicted molar refractivity (Wildman–Crippen MR) is 124 cm³/mol.